The van der Waals surface area contributed by atoms with Crippen molar-refractivity contribution >= 4 is 17.6 Å². The Labute approximate surface area is 155 Å². The molecule has 3 rings (SSSR count). The van der Waals surface area contributed by atoms with E-state index in [0.29, 0.717) is 26.1 Å². The Morgan fingerprint density at radius 3 is 2.27 bits per heavy atom. The molecule has 0 saturated carbocycles. The van der Waals surface area contributed by atoms with Crippen LogP contribution in [0.2, 0.25) is 0 Å². The number of carbonyl (C=O) groups is 3. The van der Waals surface area contributed by atoms with Crippen molar-refractivity contribution in [1.82, 2.24) is 9.80 Å². The molecule has 2 fully saturated rings. The Balaban J connectivity index is 1.53. The number of piperidine rings is 2. The smallest absolute Gasteiger partial charge is 0.227 e. The fourth-order valence-electron chi connectivity index (χ4n) is 4.09. The summed E-state index contributed by atoms with van der Waals surface area (Å²) in [6.45, 7) is 4.46. The van der Waals surface area contributed by atoms with Crippen molar-refractivity contribution in [2.24, 2.45) is 11.8 Å². The zero-order valence-electron chi connectivity index (χ0n) is 15.5. The highest BCUT2D eigenvalue weighted by Gasteiger charge is 2.34. The minimum Gasteiger partial charge on any atom is -0.342 e. The summed E-state index contributed by atoms with van der Waals surface area (Å²) in [5.41, 5.74) is 0.762. The molecular formula is C21H28N2O3. The third-order valence-electron chi connectivity index (χ3n) is 5.66. The minimum atomic E-state index is -0.0828. The van der Waals surface area contributed by atoms with Gasteiger partial charge in [-0.1, -0.05) is 37.3 Å². The highest BCUT2D eigenvalue weighted by atomic mass is 16.2. The molecule has 1 aromatic carbocycles. The molecule has 1 atom stereocenters. The quantitative estimate of drug-likeness (QED) is 0.780. The molecule has 2 saturated heterocycles. The number of rotatable bonds is 4. The average Bonchev–Trinajstić information content (AvgIpc) is 2.73. The highest BCUT2D eigenvalue weighted by molar-refractivity contribution is 5.98. The van der Waals surface area contributed by atoms with Crippen molar-refractivity contribution in [2.75, 3.05) is 26.2 Å². The Morgan fingerprint density at radius 1 is 0.923 bits per heavy atom. The number of benzene rings is 1. The lowest BCUT2D eigenvalue weighted by atomic mass is 9.88. The van der Waals surface area contributed by atoms with E-state index in [9.17, 15) is 14.4 Å². The van der Waals surface area contributed by atoms with Crippen LogP contribution < -0.4 is 0 Å². The third kappa shape index (κ3) is 4.14. The van der Waals surface area contributed by atoms with Gasteiger partial charge in [0.05, 0.1) is 5.92 Å². The Morgan fingerprint density at radius 2 is 1.62 bits per heavy atom. The maximum Gasteiger partial charge on any atom is 0.227 e. The first-order chi connectivity index (χ1) is 12.6. The molecule has 5 heteroatoms. The van der Waals surface area contributed by atoms with Gasteiger partial charge in [-0.25, -0.2) is 0 Å². The number of carbonyl (C=O) groups excluding carboxylic acids is 3. The van der Waals surface area contributed by atoms with E-state index in [1.807, 2.05) is 47.1 Å². The molecule has 140 valence electrons. The molecule has 2 amide bonds. The van der Waals surface area contributed by atoms with Gasteiger partial charge in [0.1, 0.15) is 0 Å². The van der Waals surface area contributed by atoms with Crippen LogP contribution in [0, 0.1) is 11.8 Å². The van der Waals surface area contributed by atoms with E-state index < -0.39 is 0 Å². The molecule has 26 heavy (non-hydrogen) atoms. The molecule has 2 heterocycles. The lowest BCUT2D eigenvalue weighted by Gasteiger charge is -2.37. The summed E-state index contributed by atoms with van der Waals surface area (Å²) in [6, 6.07) is 9.41. The monoisotopic (exact) mass is 356 g/mol. The van der Waals surface area contributed by atoms with Gasteiger partial charge < -0.3 is 9.80 Å². The summed E-state index contributed by atoms with van der Waals surface area (Å²) < 4.78 is 0. The molecular weight excluding hydrogens is 328 g/mol. The molecule has 0 aliphatic carbocycles. The first kappa shape index (κ1) is 18.6. The molecule has 2 aliphatic heterocycles. The Hall–Kier alpha value is -2.17. The zero-order chi connectivity index (χ0) is 18.5. The maximum atomic E-state index is 12.9. The van der Waals surface area contributed by atoms with E-state index in [2.05, 4.69) is 0 Å². The summed E-state index contributed by atoms with van der Waals surface area (Å²) in [5.74, 6) is 0.403. The highest BCUT2D eigenvalue weighted by Crippen LogP contribution is 2.25. The van der Waals surface area contributed by atoms with Crippen LogP contribution in [0.4, 0.5) is 0 Å². The second-order valence-corrected chi connectivity index (χ2v) is 7.36. The summed E-state index contributed by atoms with van der Waals surface area (Å²) in [4.78, 5) is 41.1. The van der Waals surface area contributed by atoms with Crippen molar-refractivity contribution in [1.29, 1.82) is 0 Å². The van der Waals surface area contributed by atoms with Gasteiger partial charge >= 0.3 is 0 Å². The normalized spacial score (nSPS) is 21.5. The third-order valence-corrected chi connectivity index (χ3v) is 5.66. The lowest BCUT2D eigenvalue weighted by molar-refractivity contribution is -0.141. The molecule has 0 bridgehead atoms. The number of Topliss-reactive ketones (excluding diaryl/α,β-unsaturated/α-hetero) is 1. The maximum absolute atomic E-state index is 12.9. The van der Waals surface area contributed by atoms with E-state index in [4.69, 9.17) is 0 Å². The van der Waals surface area contributed by atoms with Gasteiger partial charge in [-0.2, -0.15) is 0 Å². The molecule has 0 N–H and O–H groups in total. The van der Waals surface area contributed by atoms with Crippen LogP contribution in [0.3, 0.4) is 0 Å². The summed E-state index contributed by atoms with van der Waals surface area (Å²) >= 11 is 0. The predicted octanol–water partition coefficient (Wildman–Crippen LogP) is 2.76. The molecule has 2 aliphatic rings. The fraction of sp³-hybridized carbons (Fsp3) is 0.571. The second-order valence-electron chi connectivity index (χ2n) is 7.36. The van der Waals surface area contributed by atoms with Crippen LogP contribution >= 0.6 is 0 Å². The van der Waals surface area contributed by atoms with Crippen molar-refractivity contribution in [3.63, 3.8) is 0 Å². The van der Waals surface area contributed by atoms with Gasteiger partial charge in [0.2, 0.25) is 11.8 Å². The Kier molecular flexibility index (Phi) is 6.07. The van der Waals surface area contributed by atoms with E-state index in [0.717, 1.165) is 37.8 Å². The fourth-order valence-corrected chi connectivity index (χ4v) is 4.09. The number of likely N-dealkylation sites (tertiary alicyclic amines) is 2. The van der Waals surface area contributed by atoms with Crippen LogP contribution in [0.25, 0.3) is 0 Å². The van der Waals surface area contributed by atoms with Crippen molar-refractivity contribution in [3.05, 3.63) is 35.9 Å². The van der Waals surface area contributed by atoms with Gasteiger partial charge in [0, 0.05) is 44.1 Å². The van der Waals surface area contributed by atoms with Crippen LogP contribution in [0.5, 0.6) is 0 Å². The van der Waals surface area contributed by atoms with Crippen LogP contribution in [-0.4, -0.2) is 53.6 Å². The average molecular weight is 356 g/mol. The van der Waals surface area contributed by atoms with Crippen LogP contribution in [0.15, 0.2) is 30.3 Å². The lowest BCUT2D eigenvalue weighted by Crippen LogP contribution is -2.49. The second kappa shape index (κ2) is 8.47. The van der Waals surface area contributed by atoms with Gasteiger partial charge in [-0.3, -0.25) is 14.4 Å². The molecule has 5 nitrogen and oxygen atoms in total. The molecule has 1 unspecified atom stereocenters. The SMILES string of the molecule is CCC(=O)N1CCCC(C(=O)N2CCC(C(=O)c3ccccc3)CC2)C1. The minimum absolute atomic E-state index is 0.00553. The number of hydrogen-bond acceptors (Lipinski definition) is 3. The first-order valence-electron chi connectivity index (χ1n) is 9.76. The van der Waals surface area contributed by atoms with Gasteiger partial charge in [0.15, 0.2) is 5.78 Å². The van der Waals surface area contributed by atoms with E-state index in [1.165, 1.54) is 0 Å². The predicted molar refractivity (Wildman–Crippen MR) is 99.7 cm³/mol. The number of ketones is 1. The van der Waals surface area contributed by atoms with Gasteiger partial charge in [-0.05, 0) is 25.7 Å². The molecule has 1 aromatic rings. The summed E-state index contributed by atoms with van der Waals surface area (Å²) in [5, 5.41) is 0. The molecule has 0 radical (unpaired) electrons. The summed E-state index contributed by atoms with van der Waals surface area (Å²) in [6.07, 6.45) is 3.70. The number of nitrogens with zero attached hydrogens (tertiary/aromatic N) is 2. The van der Waals surface area contributed by atoms with Crippen molar-refractivity contribution < 1.29 is 14.4 Å². The first-order valence-corrected chi connectivity index (χ1v) is 9.76. The van der Waals surface area contributed by atoms with E-state index in [1.54, 1.807) is 0 Å². The zero-order valence-corrected chi connectivity index (χ0v) is 15.5. The molecule has 0 aromatic heterocycles. The van der Waals surface area contributed by atoms with E-state index >= 15 is 0 Å². The summed E-state index contributed by atoms with van der Waals surface area (Å²) in [7, 11) is 0. The number of amides is 2. The van der Waals surface area contributed by atoms with Gasteiger partial charge in [-0.15, -0.1) is 0 Å². The van der Waals surface area contributed by atoms with Crippen molar-refractivity contribution in [3.8, 4) is 0 Å². The van der Waals surface area contributed by atoms with Gasteiger partial charge in [0.25, 0.3) is 0 Å². The van der Waals surface area contributed by atoms with Crippen molar-refractivity contribution in [2.45, 2.75) is 39.0 Å². The van der Waals surface area contributed by atoms with E-state index in [-0.39, 0.29) is 29.4 Å². The largest absolute Gasteiger partial charge is 0.342 e. The topological polar surface area (TPSA) is 57.7 Å². The van der Waals surface area contributed by atoms with Crippen LogP contribution in [-0.2, 0) is 9.59 Å². The number of hydrogen-bond donors (Lipinski definition) is 0. The molecule has 0 spiro atoms. The van der Waals surface area contributed by atoms with Crippen LogP contribution in [0.1, 0.15) is 49.4 Å². The Bertz CT molecular complexity index is 650. The standard InChI is InChI=1S/C21H28N2O3/c1-2-19(24)23-12-6-9-18(15-23)21(26)22-13-10-17(11-14-22)20(25)16-7-4-3-5-8-16/h3-5,7-8,17-18H,2,6,9-15H2,1H3.